The van der Waals surface area contributed by atoms with Crippen LogP contribution < -0.4 is 10.9 Å². The average Bonchev–Trinajstić information content (AvgIpc) is 2.11. The summed E-state index contributed by atoms with van der Waals surface area (Å²) in [5.74, 6) is -0.744. The zero-order chi connectivity index (χ0) is 15.0. The lowest BCUT2D eigenvalue weighted by Crippen LogP contribution is -2.25. The highest BCUT2D eigenvalue weighted by atomic mass is 35.5. The molecular weight excluding hydrogens is 292 g/mol. The lowest BCUT2D eigenvalue weighted by atomic mass is 10.1. The van der Waals surface area contributed by atoms with E-state index in [9.17, 15) is 13.2 Å². The summed E-state index contributed by atoms with van der Waals surface area (Å²) < 4.78 is 27.8. The van der Waals surface area contributed by atoms with Crippen LogP contribution in [-0.4, -0.2) is 20.0 Å². The van der Waals surface area contributed by atoms with Gasteiger partial charge in [-0.1, -0.05) is 11.6 Å². The maximum Gasteiger partial charge on any atom is 0.340 e. The maximum atomic E-state index is 11.9. The smallest absolute Gasteiger partial charge is 0.340 e. The van der Waals surface area contributed by atoms with Crippen molar-refractivity contribution >= 4 is 33.3 Å². The molecule has 0 aromatic heterocycles. The third kappa shape index (κ3) is 4.09. The highest BCUT2D eigenvalue weighted by Crippen LogP contribution is 2.27. The van der Waals surface area contributed by atoms with Crippen LogP contribution in [0.25, 0.3) is 0 Å². The second-order valence-corrected chi connectivity index (χ2v) is 6.85. The molecule has 0 aliphatic heterocycles. The second-order valence-electron chi connectivity index (χ2n) is 4.92. The van der Waals surface area contributed by atoms with Crippen LogP contribution in [0.1, 0.15) is 31.1 Å². The van der Waals surface area contributed by atoms with Crippen molar-refractivity contribution in [2.45, 2.75) is 31.3 Å². The lowest BCUT2D eigenvalue weighted by Gasteiger charge is -2.20. The molecule has 0 atom stereocenters. The monoisotopic (exact) mass is 306 g/mol. The summed E-state index contributed by atoms with van der Waals surface area (Å²) in [6.07, 6.45) is 0. The van der Waals surface area contributed by atoms with Gasteiger partial charge >= 0.3 is 5.97 Å². The van der Waals surface area contributed by atoms with Crippen molar-refractivity contribution in [1.82, 2.24) is 0 Å². The zero-order valence-corrected chi connectivity index (χ0v) is 12.3. The fourth-order valence-electron chi connectivity index (χ4n) is 1.30. The number of hydrogen-bond acceptors (Lipinski definition) is 5. The standard InChI is InChI=1S/C11H15ClN2O4S/c1-11(2,3)18-10(15)6-4-9(19(14,16)17)7(12)5-8(6)13/h4-5H,13H2,1-3H3,(H2,14,16,17). The number of benzene rings is 1. The van der Waals surface area contributed by atoms with Gasteiger partial charge in [0.15, 0.2) is 0 Å². The number of nitrogens with two attached hydrogens (primary N) is 2. The molecule has 0 fully saturated rings. The van der Waals surface area contributed by atoms with Gasteiger partial charge in [-0.3, -0.25) is 0 Å². The summed E-state index contributed by atoms with van der Waals surface area (Å²) in [6, 6.07) is 2.17. The van der Waals surface area contributed by atoms with Crippen LogP contribution in [0.4, 0.5) is 5.69 Å². The van der Waals surface area contributed by atoms with Crippen LogP contribution in [0.3, 0.4) is 0 Å². The summed E-state index contributed by atoms with van der Waals surface area (Å²) in [5, 5.41) is 4.85. The molecule has 106 valence electrons. The molecule has 1 aromatic rings. The van der Waals surface area contributed by atoms with E-state index < -0.39 is 21.6 Å². The first kappa shape index (κ1) is 15.7. The third-order valence-corrected chi connectivity index (χ3v) is 3.40. The van der Waals surface area contributed by atoms with Crippen molar-refractivity contribution in [1.29, 1.82) is 0 Å². The summed E-state index contributed by atoms with van der Waals surface area (Å²) in [6.45, 7) is 5.03. The largest absolute Gasteiger partial charge is 0.456 e. The van der Waals surface area contributed by atoms with Crippen molar-refractivity contribution in [3.63, 3.8) is 0 Å². The second kappa shape index (κ2) is 4.99. The summed E-state index contributed by atoms with van der Waals surface area (Å²) in [7, 11) is -4.05. The van der Waals surface area contributed by atoms with Gasteiger partial charge in [-0.15, -0.1) is 0 Å². The Labute approximate surface area is 116 Å². The van der Waals surface area contributed by atoms with Gasteiger partial charge < -0.3 is 10.5 Å². The number of rotatable bonds is 2. The molecule has 0 spiro atoms. The van der Waals surface area contributed by atoms with E-state index >= 15 is 0 Å². The molecule has 1 aromatic carbocycles. The Morgan fingerprint density at radius 3 is 2.26 bits per heavy atom. The number of sulfonamides is 1. The van der Waals surface area contributed by atoms with E-state index in [1.54, 1.807) is 20.8 Å². The molecule has 0 saturated heterocycles. The molecule has 0 aliphatic rings. The Balaban J connectivity index is 3.34. The first-order chi connectivity index (χ1) is 8.42. The number of ether oxygens (including phenoxy) is 1. The number of halogens is 1. The van der Waals surface area contributed by atoms with Gasteiger partial charge in [0, 0.05) is 5.69 Å². The molecule has 1 rings (SSSR count). The Morgan fingerprint density at radius 2 is 1.84 bits per heavy atom. The van der Waals surface area contributed by atoms with Gasteiger partial charge in [-0.05, 0) is 32.9 Å². The number of carbonyl (C=O) groups is 1. The number of nitrogen functional groups attached to an aromatic ring is 1. The van der Waals surface area contributed by atoms with E-state index in [0.29, 0.717) is 0 Å². The molecular formula is C11H15ClN2O4S. The van der Waals surface area contributed by atoms with E-state index in [1.165, 1.54) is 0 Å². The Morgan fingerprint density at radius 1 is 1.32 bits per heavy atom. The first-order valence-electron chi connectivity index (χ1n) is 5.27. The van der Waals surface area contributed by atoms with Crippen molar-refractivity contribution < 1.29 is 17.9 Å². The van der Waals surface area contributed by atoms with Crippen molar-refractivity contribution in [2.75, 3.05) is 5.73 Å². The predicted molar refractivity (Wildman–Crippen MR) is 72.4 cm³/mol. The minimum absolute atomic E-state index is 0.0200. The summed E-state index contributed by atoms with van der Waals surface area (Å²) in [4.78, 5) is 11.5. The number of carbonyl (C=O) groups excluding carboxylic acids is 1. The Hall–Kier alpha value is -1.31. The van der Waals surface area contributed by atoms with Crippen LogP contribution in [0, 0.1) is 0 Å². The number of primary sulfonamides is 1. The number of anilines is 1. The molecule has 19 heavy (non-hydrogen) atoms. The predicted octanol–water partition coefficient (Wildman–Crippen LogP) is 1.52. The summed E-state index contributed by atoms with van der Waals surface area (Å²) in [5.41, 5.74) is 4.83. The Bertz CT molecular complexity index is 620. The van der Waals surface area contributed by atoms with Gasteiger partial charge in [-0.25, -0.2) is 18.4 Å². The molecule has 0 saturated carbocycles. The normalized spacial score (nSPS) is 12.3. The fraction of sp³-hybridized carbons (Fsp3) is 0.364. The van der Waals surface area contributed by atoms with E-state index in [2.05, 4.69) is 0 Å². The molecule has 0 radical (unpaired) electrons. The quantitative estimate of drug-likeness (QED) is 0.635. The fourth-order valence-corrected chi connectivity index (χ4v) is 2.40. The third-order valence-electron chi connectivity index (χ3n) is 2.03. The minimum Gasteiger partial charge on any atom is -0.456 e. The highest BCUT2D eigenvalue weighted by Gasteiger charge is 2.23. The van der Waals surface area contributed by atoms with Crippen molar-refractivity contribution in [3.05, 3.63) is 22.7 Å². The van der Waals surface area contributed by atoms with Gasteiger partial charge in [0.05, 0.1) is 10.6 Å². The molecule has 4 N–H and O–H groups in total. The SMILES string of the molecule is CC(C)(C)OC(=O)c1cc(S(N)(=O)=O)c(Cl)cc1N. The van der Waals surface area contributed by atoms with Gasteiger partial charge in [0.2, 0.25) is 10.0 Å². The molecule has 0 amide bonds. The van der Waals surface area contributed by atoms with Crippen LogP contribution in [0.2, 0.25) is 5.02 Å². The number of esters is 1. The molecule has 6 nitrogen and oxygen atoms in total. The molecule has 0 aliphatic carbocycles. The van der Waals surface area contributed by atoms with Crippen LogP contribution in [0.5, 0.6) is 0 Å². The van der Waals surface area contributed by atoms with E-state index in [4.69, 9.17) is 27.2 Å². The van der Waals surface area contributed by atoms with Crippen LogP contribution >= 0.6 is 11.6 Å². The molecule has 0 unspecified atom stereocenters. The van der Waals surface area contributed by atoms with E-state index in [1.807, 2.05) is 0 Å². The highest BCUT2D eigenvalue weighted by molar-refractivity contribution is 7.89. The van der Waals surface area contributed by atoms with Gasteiger partial charge in [0.1, 0.15) is 10.5 Å². The lowest BCUT2D eigenvalue weighted by molar-refractivity contribution is 0.00706. The minimum atomic E-state index is -4.05. The van der Waals surface area contributed by atoms with Crippen molar-refractivity contribution in [3.8, 4) is 0 Å². The Kier molecular flexibility index (Phi) is 4.14. The molecule has 0 heterocycles. The molecule has 8 heteroatoms. The average molecular weight is 307 g/mol. The van der Waals surface area contributed by atoms with Crippen LogP contribution in [0.15, 0.2) is 17.0 Å². The van der Waals surface area contributed by atoms with Crippen molar-refractivity contribution in [2.24, 2.45) is 5.14 Å². The topological polar surface area (TPSA) is 112 Å². The van der Waals surface area contributed by atoms with Gasteiger partial charge in [0.25, 0.3) is 0 Å². The van der Waals surface area contributed by atoms with Crippen LogP contribution in [-0.2, 0) is 14.8 Å². The molecule has 0 bridgehead atoms. The zero-order valence-electron chi connectivity index (χ0n) is 10.7. The van der Waals surface area contributed by atoms with Gasteiger partial charge in [-0.2, -0.15) is 0 Å². The first-order valence-corrected chi connectivity index (χ1v) is 7.19. The maximum absolute atomic E-state index is 11.9. The number of hydrogen-bond donors (Lipinski definition) is 2. The summed E-state index contributed by atoms with van der Waals surface area (Å²) >= 11 is 5.73. The van der Waals surface area contributed by atoms with E-state index in [-0.39, 0.29) is 21.2 Å². The van der Waals surface area contributed by atoms with E-state index in [0.717, 1.165) is 12.1 Å².